The Balaban J connectivity index is 2.55. The molecular weight excluding hydrogens is 344 g/mol. The fourth-order valence-electron chi connectivity index (χ4n) is 1.51. The number of benzene rings is 1. The number of carbonyl (C=O) groups excluding carboxylic acids is 2. The van der Waals surface area contributed by atoms with E-state index in [1.165, 1.54) is 6.92 Å². The smallest absolute Gasteiger partial charge is 0.328 e. The van der Waals surface area contributed by atoms with Gasteiger partial charge in [-0.25, -0.2) is 4.79 Å². The second kappa shape index (κ2) is 7.75. The van der Waals surface area contributed by atoms with Crippen molar-refractivity contribution in [2.24, 2.45) is 0 Å². The number of aliphatic hydroxyl groups excluding tert-OH is 1. The minimum Gasteiger partial charge on any atom is -0.480 e. The lowest BCUT2D eigenvalue weighted by atomic mass is 10.2. The summed E-state index contributed by atoms with van der Waals surface area (Å²) in [6.07, 6.45) is -1.24. The molecule has 0 heterocycles. The third-order valence-corrected chi connectivity index (χ3v) is 3.28. The number of carbonyl (C=O) groups is 3. The number of carboxylic acids is 1. The molecule has 0 saturated heterocycles. The highest BCUT2D eigenvalue weighted by Gasteiger charge is 2.25. The van der Waals surface area contributed by atoms with Crippen molar-refractivity contribution >= 4 is 33.7 Å². The van der Waals surface area contributed by atoms with E-state index < -0.39 is 36.5 Å². The molecule has 0 bridgehead atoms. The van der Waals surface area contributed by atoms with Crippen molar-refractivity contribution in [3.63, 3.8) is 0 Å². The molecule has 0 spiro atoms. The number of carboxylic acid groups (broad SMARTS) is 1. The van der Waals surface area contributed by atoms with E-state index in [1.807, 2.05) is 0 Å². The number of rotatable bonds is 6. The summed E-state index contributed by atoms with van der Waals surface area (Å²) in [5.74, 6) is -2.53. The summed E-state index contributed by atoms with van der Waals surface area (Å²) in [7, 11) is 0. The maximum Gasteiger partial charge on any atom is 0.328 e. The zero-order chi connectivity index (χ0) is 16.0. The Morgan fingerprint density at radius 3 is 2.43 bits per heavy atom. The standard InChI is InChI=1S/C13H15BrN2O5/c1-7(17)11(13(20)21)16-10(18)6-15-12(19)8-4-2-3-5-9(8)14/h2-5,7,11,17H,6H2,1H3,(H,15,19)(H,16,18)(H,20,21). The van der Waals surface area contributed by atoms with Crippen LogP contribution in [0.3, 0.4) is 0 Å². The van der Waals surface area contributed by atoms with E-state index in [1.54, 1.807) is 24.3 Å². The van der Waals surface area contributed by atoms with Crippen LogP contribution in [0.15, 0.2) is 28.7 Å². The molecule has 7 nitrogen and oxygen atoms in total. The van der Waals surface area contributed by atoms with Gasteiger partial charge in [0.15, 0.2) is 6.04 Å². The maximum absolute atomic E-state index is 11.8. The van der Waals surface area contributed by atoms with Crippen molar-refractivity contribution < 1.29 is 24.6 Å². The summed E-state index contributed by atoms with van der Waals surface area (Å²) < 4.78 is 0.579. The molecule has 2 amide bonds. The molecule has 0 aliphatic rings. The van der Waals surface area contributed by atoms with E-state index in [-0.39, 0.29) is 0 Å². The summed E-state index contributed by atoms with van der Waals surface area (Å²) in [5.41, 5.74) is 0.357. The maximum atomic E-state index is 11.8. The molecule has 1 rings (SSSR count). The van der Waals surface area contributed by atoms with Crippen LogP contribution in [0.4, 0.5) is 0 Å². The summed E-state index contributed by atoms with van der Waals surface area (Å²) in [6, 6.07) is 5.26. The highest BCUT2D eigenvalue weighted by atomic mass is 79.9. The van der Waals surface area contributed by atoms with Gasteiger partial charge in [0.25, 0.3) is 5.91 Å². The van der Waals surface area contributed by atoms with Gasteiger partial charge in [-0.05, 0) is 35.0 Å². The molecule has 0 fully saturated rings. The van der Waals surface area contributed by atoms with Crippen LogP contribution in [0, 0.1) is 0 Å². The molecule has 1 aromatic carbocycles. The topological polar surface area (TPSA) is 116 Å². The van der Waals surface area contributed by atoms with Gasteiger partial charge in [-0.1, -0.05) is 12.1 Å². The average Bonchev–Trinajstić information content (AvgIpc) is 2.42. The molecule has 1 aromatic rings. The van der Waals surface area contributed by atoms with Gasteiger partial charge in [0.2, 0.25) is 5.91 Å². The lowest BCUT2D eigenvalue weighted by Gasteiger charge is -2.17. The van der Waals surface area contributed by atoms with E-state index in [0.717, 1.165) is 0 Å². The van der Waals surface area contributed by atoms with E-state index >= 15 is 0 Å². The Kier molecular flexibility index (Phi) is 6.32. The lowest BCUT2D eigenvalue weighted by molar-refractivity contribution is -0.144. The van der Waals surface area contributed by atoms with Crippen molar-refractivity contribution in [3.8, 4) is 0 Å². The molecule has 4 N–H and O–H groups in total. The Morgan fingerprint density at radius 1 is 1.29 bits per heavy atom. The van der Waals surface area contributed by atoms with E-state index in [9.17, 15) is 19.5 Å². The molecule has 0 saturated carbocycles. The molecule has 0 aromatic heterocycles. The van der Waals surface area contributed by atoms with Crippen LogP contribution < -0.4 is 10.6 Å². The lowest BCUT2D eigenvalue weighted by Crippen LogP contribution is -2.50. The normalized spacial score (nSPS) is 13.1. The number of amides is 2. The van der Waals surface area contributed by atoms with E-state index in [2.05, 4.69) is 26.6 Å². The minimum absolute atomic E-state index is 0.357. The minimum atomic E-state index is -1.42. The van der Waals surface area contributed by atoms with E-state index in [4.69, 9.17) is 5.11 Å². The van der Waals surface area contributed by atoms with Crippen LogP contribution in [0.5, 0.6) is 0 Å². The molecule has 8 heteroatoms. The molecule has 21 heavy (non-hydrogen) atoms. The molecule has 114 valence electrons. The van der Waals surface area contributed by atoms with Crippen molar-refractivity contribution in [2.75, 3.05) is 6.54 Å². The van der Waals surface area contributed by atoms with Crippen LogP contribution >= 0.6 is 15.9 Å². The van der Waals surface area contributed by atoms with Gasteiger partial charge < -0.3 is 20.8 Å². The second-order valence-electron chi connectivity index (χ2n) is 4.29. The summed E-state index contributed by atoms with van der Waals surface area (Å²) in [6.45, 7) is 0.857. The number of aliphatic carboxylic acids is 1. The highest BCUT2D eigenvalue weighted by Crippen LogP contribution is 2.15. The van der Waals surface area contributed by atoms with Crippen molar-refractivity contribution in [2.45, 2.75) is 19.1 Å². The van der Waals surface area contributed by atoms with Crippen molar-refractivity contribution in [3.05, 3.63) is 34.3 Å². The van der Waals surface area contributed by atoms with Crippen LogP contribution in [0.2, 0.25) is 0 Å². The highest BCUT2D eigenvalue weighted by molar-refractivity contribution is 9.10. The predicted octanol–water partition coefficient (Wildman–Crippen LogP) is 0.129. The first-order chi connectivity index (χ1) is 9.82. The van der Waals surface area contributed by atoms with Gasteiger partial charge in [-0.3, -0.25) is 9.59 Å². The van der Waals surface area contributed by atoms with Crippen LogP contribution in [0.1, 0.15) is 17.3 Å². The zero-order valence-corrected chi connectivity index (χ0v) is 12.8. The number of hydrogen-bond acceptors (Lipinski definition) is 4. The second-order valence-corrected chi connectivity index (χ2v) is 5.14. The predicted molar refractivity (Wildman–Crippen MR) is 77.7 cm³/mol. The number of halogens is 1. The third-order valence-electron chi connectivity index (χ3n) is 2.59. The van der Waals surface area contributed by atoms with Crippen LogP contribution in [0.25, 0.3) is 0 Å². The largest absolute Gasteiger partial charge is 0.480 e. The SMILES string of the molecule is CC(O)C(NC(=O)CNC(=O)c1ccccc1Br)C(=O)O. The molecule has 2 atom stereocenters. The van der Waals surface area contributed by atoms with Gasteiger partial charge in [0.05, 0.1) is 18.2 Å². The first-order valence-electron chi connectivity index (χ1n) is 6.06. The fraction of sp³-hybridized carbons (Fsp3) is 0.308. The van der Waals surface area contributed by atoms with Crippen molar-refractivity contribution in [1.29, 1.82) is 0 Å². The Bertz CT molecular complexity index is 547. The first-order valence-corrected chi connectivity index (χ1v) is 6.85. The third kappa shape index (κ3) is 5.16. The van der Waals surface area contributed by atoms with Crippen molar-refractivity contribution in [1.82, 2.24) is 10.6 Å². The zero-order valence-electron chi connectivity index (χ0n) is 11.2. The average molecular weight is 359 g/mol. The number of hydrogen-bond donors (Lipinski definition) is 4. The quantitative estimate of drug-likeness (QED) is 0.576. The van der Waals surface area contributed by atoms with E-state index in [0.29, 0.717) is 10.0 Å². The van der Waals surface area contributed by atoms with Crippen LogP contribution in [-0.4, -0.2) is 46.7 Å². The monoisotopic (exact) mass is 358 g/mol. The summed E-state index contributed by atoms with van der Waals surface area (Å²) in [4.78, 5) is 34.2. The van der Waals surface area contributed by atoms with Gasteiger partial charge in [-0.2, -0.15) is 0 Å². The first kappa shape index (κ1) is 17.1. The molecule has 2 unspecified atom stereocenters. The Hall–Kier alpha value is -1.93. The number of aliphatic hydroxyl groups is 1. The number of nitrogens with one attached hydrogen (secondary N) is 2. The van der Waals surface area contributed by atoms with Gasteiger partial charge >= 0.3 is 5.97 Å². The van der Waals surface area contributed by atoms with Crippen LogP contribution in [-0.2, 0) is 9.59 Å². The molecular formula is C13H15BrN2O5. The molecule has 0 aliphatic carbocycles. The Labute approximate surface area is 129 Å². The molecule has 0 aliphatic heterocycles. The van der Waals surface area contributed by atoms with Gasteiger partial charge in [-0.15, -0.1) is 0 Å². The van der Waals surface area contributed by atoms with Gasteiger partial charge in [0, 0.05) is 4.47 Å². The van der Waals surface area contributed by atoms with Gasteiger partial charge in [0.1, 0.15) is 0 Å². The summed E-state index contributed by atoms with van der Waals surface area (Å²) in [5, 5.41) is 22.5. The molecule has 0 radical (unpaired) electrons. The fourth-order valence-corrected chi connectivity index (χ4v) is 1.98. The summed E-state index contributed by atoms with van der Waals surface area (Å²) >= 11 is 3.21. The Morgan fingerprint density at radius 2 is 1.90 bits per heavy atom.